The molecule has 0 spiro atoms. The first kappa shape index (κ1) is 13.9. The highest BCUT2D eigenvalue weighted by molar-refractivity contribution is 5.76. The molecule has 0 radical (unpaired) electrons. The van der Waals surface area contributed by atoms with Gasteiger partial charge in [0.15, 0.2) is 0 Å². The van der Waals surface area contributed by atoms with Crippen molar-refractivity contribution in [3.05, 3.63) is 41.2 Å². The summed E-state index contributed by atoms with van der Waals surface area (Å²) in [6.07, 6.45) is 2.53. The van der Waals surface area contributed by atoms with Crippen molar-refractivity contribution in [2.45, 2.75) is 45.6 Å². The molecule has 0 aliphatic heterocycles. The van der Waals surface area contributed by atoms with Gasteiger partial charge in [-0.15, -0.1) is 0 Å². The molecular formula is C17H20N2O2. The molecule has 21 heavy (non-hydrogen) atoms. The van der Waals surface area contributed by atoms with Gasteiger partial charge in [0, 0.05) is 17.8 Å². The molecule has 110 valence electrons. The van der Waals surface area contributed by atoms with Gasteiger partial charge in [-0.05, 0) is 39.2 Å². The lowest BCUT2D eigenvalue weighted by Gasteiger charge is -2.19. The Morgan fingerprint density at radius 1 is 1.48 bits per heavy atom. The lowest BCUT2D eigenvalue weighted by atomic mass is 9.90. The Morgan fingerprint density at radius 3 is 2.95 bits per heavy atom. The van der Waals surface area contributed by atoms with Crippen molar-refractivity contribution in [1.82, 2.24) is 9.55 Å². The Balaban J connectivity index is 2.16. The van der Waals surface area contributed by atoms with Crippen LogP contribution >= 0.6 is 0 Å². The smallest absolute Gasteiger partial charge is 0.312 e. The number of carboxylic acids is 1. The molecule has 1 heterocycles. The minimum Gasteiger partial charge on any atom is -0.481 e. The highest BCUT2D eigenvalue weighted by Crippen LogP contribution is 2.35. The van der Waals surface area contributed by atoms with Crippen LogP contribution < -0.4 is 0 Å². The summed E-state index contributed by atoms with van der Waals surface area (Å²) in [5.74, 6) is -0.308. The third-order valence-corrected chi connectivity index (χ3v) is 4.23. The number of carboxylic acid groups (broad SMARTS) is 1. The largest absolute Gasteiger partial charge is 0.481 e. The van der Waals surface area contributed by atoms with Crippen LogP contribution in [-0.2, 0) is 17.8 Å². The van der Waals surface area contributed by atoms with Gasteiger partial charge in [-0.25, -0.2) is 4.98 Å². The predicted molar refractivity (Wildman–Crippen MR) is 81.4 cm³/mol. The molecule has 0 saturated carbocycles. The molecule has 1 unspecified atom stereocenters. The van der Waals surface area contributed by atoms with E-state index in [2.05, 4.69) is 30.5 Å². The molecule has 1 aliphatic rings. The number of benzene rings is 1. The maximum absolute atomic E-state index is 11.5. The maximum atomic E-state index is 11.5. The van der Waals surface area contributed by atoms with E-state index in [0.29, 0.717) is 6.42 Å². The van der Waals surface area contributed by atoms with Crippen LogP contribution in [-0.4, -0.2) is 20.6 Å². The number of aryl methyl sites for hydroxylation is 1. The lowest BCUT2D eigenvalue weighted by Crippen LogP contribution is -2.19. The zero-order valence-corrected chi connectivity index (χ0v) is 12.5. The first-order chi connectivity index (χ1) is 10.1. The number of aliphatic carboxylic acids is 1. The number of imidazole rings is 1. The summed E-state index contributed by atoms with van der Waals surface area (Å²) >= 11 is 0. The van der Waals surface area contributed by atoms with Crippen molar-refractivity contribution in [2.75, 3.05) is 0 Å². The number of aromatic nitrogens is 2. The van der Waals surface area contributed by atoms with Crippen LogP contribution in [0.3, 0.4) is 0 Å². The number of hydrogen-bond donors (Lipinski definition) is 1. The fraction of sp³-hybridized carbons (Fsp3) is 0.412. The van der Waals surface area contributed by atoms with Gasteiger partial charge in [0.25, 0.3) is 0 Å². The summed E-state index contributed by atoms with van der Waals surface area (Å²) in [6, 6.07) is 8.23. The molecule has 1 aliphatic carbocycles. The van der Waals surface area contributed by atoms with Gasteiger partial charge >= 0.3 is 5.97 Å². The summed E-state index contributed by atoms with van der Waals surface area (Å²) in [5, 5.41) is 9.42. The molecule has 3 rings (SSSR count). The summed E-state index contributed by atoms with van der Waals surface area (Å²) in [4.78, 5) is 16.2. The summed E-state index contributed by atoms with van der Waals surface area (Å²) in [7, 11) is 0. The molecular weight excluding hydrogens is 264 g/mol. The van der Waals surface area contributed by atoms with E-state index in [-0.39, 0.29) is 0 Å². The van der Waals surface area contributed by atoms with Gasteiger partial charge < -0.3 is 9.67 Å². The molecule has 4 heteroatoms. The number of hydrogen-bond acceptors (Lipinski definition) is 2. The highest BCUT2D eigenvalue weighted by Gasteiger charge is 2.31. The van der Waals surface area contributed by atoms with Crippen molar-refractivity contribution >= 4 is 5.97 Å². The molecule has 0 bridgehead atoms. The van der Waals surface area contributed by atoms with Crippen LogP contribution in [0.15, 0.2) is 24.3 Å². The second-order valence-electron chi connectivity index (χ2n) is 5.66. The van der Waals surface area contributed by atoms with Crippen LogP contribution in [0, 0.1) is 6.92 Å². The molecule has 2 aromatic rings. The first-order valence-electron chi connectivity index (χ1n) is 7.51. The van der Waals surface area contributed by atoms with Crippen molar-refractivity contribution in [3.63, 3.8) is 0 Å². The van der Waals surface area contributed by atoms with Gasteiger partial charge in [-0.2, -0.15) is 0 Å². The summed E-state index contributed by atoms with van der Waals surface area (Å²) < 4.78 is 2.18. The molecule has 1 aromatic heterocycles. The molecule has 4 nitrogen and oxygen atoms in total. The number of fused-ring (bicyclic) bond motifs is 1. The van der Waals surface area contributed by atoms with Gasteiger partial charge in [0.2, 0.25) is 0 Å². The fourth-order valence-electron chi connectivity index (χ4n) is 3.24. The van der Waals surface area contributed by atoms with Gasteiger partial charge in [-0.1, -0.05) is 23.8 Å². The van der Waals surface area contributed by atoms with Gasteiger partial charge in [0.05, 0.1) is 5.69 Å². The number of carbonyl (C=O) groups is 1. The zero-order chi connectivity index (χ0) is 15.0. The molecule has 0 fully saturated rings. The van der Waals surface area contributed by atoms with E-state index in [1.165, 1.54) is 5.56 Å². The third-order valence-electron chi connectivity index (χ3n) is 4.23. The normalized spacial score (nSPS) is 17.5. The monoisotopic (exact) mass is 284 g/mol. The van der Waals surface area contributed by atoms with Crippen LogP contribution in [0.1, 0.15) is 42.6 Å². The molecule has 0 amide bonds. The van der Waals surface area contributed by atoms with Crippen molar-refractivity contribution < 1.29 is 9.90 Å². The molecule has 1 N–H and O–H groups in total. The first-order valence-corrected chi connectivity index (χ1v) is 7.51. The quantitative estimate of drug-likeness (QED) is 0.940. The number of nitrogens with zero attached hydrogens (tertiary/aromatic N) is 2. The van der Waals surface area contributed by atoms with E-state index in [1.807, 2.05) is 12.1 Å². The Hall–Kier alpha value is -2.10. The molecule has 1 atom stereocenters. The van der Waals surface area contributed by atoms with Crippen molar-refractivity contribution in [2.24, 2.45) is 0 Å². The highest BCUT2D eigenvalue weighted by atomic mass is 16.4. The second kappa shape index (κ2) is 5.35. The molecule has 0 saturated heterocycles. The van der Waals surface area contributed by atoms with E-state index in [0.717, 1.165) is 42.2 Å². The van der Waals surface area contributed by atoms with Crippen molar-refractivity contribution in [1.29, 1.82) is 0 Å². The lowest BCUT2D eigenvalue weighted by molar-refractivity contribution is -0.139. The standard InChI is InChI=1S/C17H20N2O2/c1-3-19-14-9-5-8-13(17(20)21)15(14)18-16(19)12-7-4-6-11(2)10-12/h4,6-7,10,13H,3,5,8-9H2,1-2H3,(H,20,21). The summed E-state index contributed by atoms with van der Waals surface area (Å²) in [6.45, 7) is 4.96. The van der Waals surface area contributed by atoms with E-state index in [9.17, 15) is 9.90 Å². The SMILES string of the molecule is CCn1c(-c2cccc(C)c2)nc2c1CCCC2C(=O)O. The Kier molecular flexibility index (Phi) is 3.53. The minimum absolute atomic E-state index is 0.454. The topological polar surface area (TPSA) is 55.1 Å². The van der Waals surface area contributed by atoms with E-state index >= 15 is 0 Å². The predicted octanol–water partition coefficient (Wildman–Crippen LogP) is 3.38. The summed E-state index contributed by atoms with van der Waals surface area (Å²) in [5.41, 5.74) is 4.13. The van der Waals surface area contributed by atoms with Crippen LogP contribution in [0.2, 0.25) is 0 Å². The van der Waals surface area contributed by atoms with Gasteiger partial charge in [-0.3, -0.25) is 4.79 Å². The second-order valence-corrected chi connectivity index (χ2v) is 5.66. The van der Waals surface area contributed by atoms with E-state index in [1.54, 1.807) is 0 Å². The maximum Gasteiger partial charge on any atom is 0.312 e. The van der Waals surface area contributed by atoms with Gasteiger partial charge in [0.1, 0.15) is 11.7 Å². The Morgan fingerprint density at radius 2 is 2.29 bits per heavy atom. The average Bonchev–Trinajstić information content (AvgIpc) is 2.85. The van der Waals surface area contributed by atoms with Crippen LogP contribution in [0.5, 0.6) is 0 Å². The fourth-order valence-corrected chi connectivity index (χ4v) is 3.24. The van der Waals surface area contributed by atoms with Crippen molar-refractivity contribution in [3.8, 4) is 11.4 Å². The molecule has 1 aromatic carbocycles. The van der Waals surface area contributed by atoms with Crippen LogP contribution in [0.4, 0.5) is 0 Å². The number of rotatable bonds is 3. The van der Waals surface area contributed by atoms with Crippen LogP contribution in [0.25, 0.3) is 11.4 Å². The Bertz CT molecular complexity index is 688. The minimum atomic E-state index is -0.757. The average molecular weight is 284 g/mol. The van der Waals surface area contributed by atoms with E-state index in [4.69, 9.17) is 4.98 Å². The third kappa shape index (κ3) is 2.35. The van der Waals surface area contributed by atoms with E-state index < -0.39 is 11.9 Å². The zero-order valence-electron chi connectivity index (χ0n) is 12.5. The Labute approximate surface area is 124 Å².